The predicted molar refractivity (Wildman–Crippen MR) is 112 cm³/mol. The van der Waals surface area contributed by atoms with E-state index in [1.54, 1.807) is 0 Å². The first-order chi connectivity index (χ1) is 13.7. The van der Waals surface area contributed by atoms with Gasteiger partial charge in [0.15, 0.2) is 0 Å². The van der Waals surface area contributed by atoms with Crippen molar-refractivity contribution in [2.24, 2.45) is 5.73 Å². The highest BCUT2D eigenvalue weighted by Crippen LogP contribution is 2.36. The van der Waals surface area contributed by atoms with Crippen molar-refractivity contribution < 1.29 is 0 Å². The summed E-state index contributed by atoms with van der Waals surface area (Å²) in [6.45, 7) is 2.37. The molecule has 1 unspecified atom stereocenters. The van der Waals surface area contributed by atoms with Gasteiger partial charge in [0.1, 0.15) is 0 Å². The second-order valence-electron chi connectivity index (χ2n) is 7.60. The van der Waals surface area contributed by atoms with Crippen molar-refractivity contribution in [3.8, 4) is 11.3 Å². The molecule has 0 spiro atoms. The van der Waals surface area contributed by atoms with Crippen molar-refractivity contribution in [1.29, 1.82) is 0 Å². The molecule has 0 fully saturated rings. The average molecular weight is 369 g/mol. The molecule has 1 atom stereocenters. The van der Waals surface area contributed by atoms with Crippen LogP contribution in [0.15, 0.2) is 60.8 Å². The summed E-state index contributed by atoms with van der Waals surface area (Å²) < 4.78 is 0. The fourth-order valence-electron chi connectivity index (χ4n) is 4.20. The quantitative estimate of drug-likeness (QED) is 0.578. The summed E-state index contributed by atoms with van der Waals surface area (Å²) in [5.41, 5.74) is 13.7. The van der Waals surface area contributed by atoms with E-state index < -0.39 is 0 Å². The molecule has 4 aromatic rings. The molecule has 0 saturated carbocycles. The lowest BCUT2D eigenvalue weighted by Gasteiger charge is -2.33. The van der Waals surface area contributed by atoms with Crippen LogP contribution in [0, 0.1) is 0 Å². The zero-order valence-electron chi connectivity index (χ0n) is 15.9. The highest BCUT2D eigenvalue weighted by atomic mass is 15.1. The minimum Gasteiger partial charge on any atom is -0.361 e. The molecule has 3 heterocycles. The molecule has 1 aliphatic heterocycles. The van der Waals surface area contributed by atoms with E-state index in [0.29, 0.717) is 12.5 Å². The highest BCUT2D eigenvalue weighted by molar-refractivity contribution is 5.80. The van der Waals surface area contributed by atoms with Crippen molar-refractivity contribution in [2.75, 3.05) is 13.6 Å². The Hall–Kier alpha value is -3.02. The van der Waals surface area contributed by atoms with Gasteiger partial charge in [-0.1, -0.05) is 24.3 Å². The molecule has 28 heavy (non-hydrogen) atoms. The number of nitrogens with one attached hydrogen (secondary N) is 1. The Balaban J connectivity index is 1.54. The van der Waals surface area contributed by atoms with E-state index in [1.807, 2.05) is 18.3 Å². The molecule has 5 rings (SSSR count). The topological polar surface area (TPSA) is 70.8 Å². The summed E-state index contributed by atoms with van der Waals surface area (Å²) in [6, 6.07) is 19.5. The summed E-state index contributed by atoms with van der Waals surface area (Å²) in [5, 5.41) is 9.80. The predicted octanol–water partition coefficient (Wildman–Crippen LogP) is 3.66. The van der Waals surface area contributed by atoms with Gasteiger partial charge in [-0.2, -0.15) is 10.2 Å². The zero-order chi connectivity index (χ0) is 19.1. The van der Waals surface area contributed by atoms with Gasteiger partial charge in [-0.15, -0.1) is 0 Å². The number of rotatable bonds is 3. The van der Waals surface area contributed by atoms with Crippen LogP contribution in [0.5, 0.6) is 0 Å². The van der Waals surface area contributed by atoms with E-state index in [-0.39, 0.29) is 0 Å². The Morgan fingerprint density at radius 1 is 1.07 bits per heavy atom. The molecule has 2 aromatic carbocycles. The van der Waals surface area contributed by atoms with Crippen LogP contribution in [0.3, 0.4) is 0 Å². The van der Waals surface area contributed by atoms with Gasteiger partial charge in [-0.05, 0) is 59.5 Å². The minimum absolute atomic E-state index is 0.362. The molecule has 0 amide bonds. The third-order valence-electron chi connectivity index (χ3n) is 5.66. The lowest BCUT2D eigenvalue weighted by Crippen LogP contribution is -2.31. The Bertz CT molecular complexity index is 1130. The normalized spacial score (nSPS) is 17.0. The first-order valence-corrected chi connectivity index (χ1v) is 9.63. The lowest BCUT2D eigenvalue weighted by atomic mass is 9.83. The van der Waals surface area contributed by atoms with Crippen LogP contribution in [-0.4, -0.2) is 33.7 Å². The van der Waals surface area contributed by atoms with Crippen LogP contribution in [0.2, 0.25) is 0 Å². The molecule has 0 bridgehead atoms. The smallest absolute Gasteiger partial charge is 0.0929 e. The molecule has 0 radical (unpaired) electrons. The Morgan fingerprint density at radius 2 is 2.00 bits per heavy atom. The Kier molecular flexibility index (Phi) is 4.19. The van der Waals surface area contributed by atoms with Crippen LogP contribution >= 0.6 is 0 Å². The Morgan fingerprint density at radius 3 is 2.82 bits per heavy atom. The molecule has 2 aromatic heterocycles. The molecule has 3 N–H and O–H groups in total. The van der Waals surface area contributed by atoms with Crippen LogP contribution in [0.1, 0.15) is 28.3 Å². The van der Waals surface area contributed by atoms with Gasteiger partial charge in [0.05, 0.1) is 11.4 Å². The van der Waals surface area contributed by atoms with Gasteiger partial charge in [-0.25, -0.2) is 0 Å². The van der Waals surface area contributed by atoms with E-state index >= 15 is 0 Å². The van der Waals surface area contributed by atoms with E-state index in [2.05, 4.69) is 69.6 Å². The second kappa shape index (κ2) is 6.86. The molecule has 0 saturated heterocycles. The summed E-state index contributed by atoms with van der Waals surface area (Å²) in [6.07, 6.45) is 2.00. The molecular formula is C23H23N5. The Labute approximate surface area is 164 Å². The standard InChI is InChI=1S/C23H23N5/c1-28-13-18-10-17(22-7-5-19(12-24)26-27-22)4-6-20(18)21(14-28)16-3-2-15-8-9-25-23(15)11-16/h2-11,21,25H,12-14,24H2,1H3. The average Bonchev–Trinajstić information content (AvgIpc) is 3.20. The van der Waals surface area contributed by atoms with Crippen LogP contribution < -0.4 is 5.73 Å². The number of fused-ring (bicyclic) bond motifs is 2. The number of H-pyrrole nitrogens is 1. The van der Waals surface area contributed by atoms with Gasteiger partial charge in [0.25, 0.3) is 0 Å². The number of aromatic nitrogens is 3. The summed E-state index contributed by atoms with van der Waals surface area (Å²) in [5.74, 6) is 0.362. The van der Waals surface area contributed by atoms with Crippen LogP contribution in [-0.2, 0) is 13.1 Å². The summed E-state index contributed by atoms with van der Waals surface area (Å²) >= 11 is 0. The number of nitrogens with two attached hydrogens (primary N) is 1. The summed E-state index contributed by atoms with van der Waals surface area (Å²) in [7, 11) is 2.19. The maximum atomic E-state index is 5.63. The van der Waals surface area contributed by atoms with Crippen LogP contribution in [0.4, 0.5) is 0 Å². The largest absolute Gasteiger partial charge is 0.361 e. The maximum absolute atomic E-state index is 5.63. The number of likely N-dealkylation sites (N-methyl/N-ethyl adjacent to an activating group) is 1. The van der Waals surface area contributed by atoms with Gasteiger partial charge in [-0.3, -0.25) is 0 Å². The fourth-order valence-corrected chi connectivity index (χ4v) is 4.20. The fraction of sp³-hybridized carbons (Fsp3) is 0.217. The van der Waals surface area contributed by atoms with Gasteiger partial charge >= 0.3 is 0 Å². The second-order valence-corrected chi connectivity index (χ2v) is 7.60. The monoisotopic (exact) mass is 369 g/mol. The number of hydrogen-bond acceptors (Lipinski definition) is 4. The number of hydrogen-bond donors (Lipinski definition) is 2. The van der Waals surface area contributed by atoms with Crippen molar-refractivity contribution in [2.45, 2.75) is 19.0 Å². The summed E-state index contributed by atoms with van der Waals surface area (Å²) in [4.78, 5) is 5.72. The molecule has 1 aliphatic rings. The van der Waals surface area contributed by atoms with Gasteiger partial charge in [0.2, 0.25) is 0 Å². The number of aromatic amines is 1. The van der Waals surface area contributed by atoms with Gasteiger partial charge in [0, 0.05) is 42.8 Å². The zero-order valence-corrected chi connectivity index (χ0v) is 15.9. The van der Waals surface area contributed by atoms with Crippen molar-refractivity contribution >= 4 is 10.9 Å². The van der Waals surface area contributed by atoms with E-state index in [4.69, 9.17) is 5.73 Å². The molecule has 5 heteroatoms. The number of nitrogens with zero attached hydrogens (tertiary/aromatic N) is 3. The van der Waals surface area contributed by atoms with E-state index in [0.717, 1.165) is 30.0 Å². The van der Waals surface area contributed by atoms with Crippen molar-refractivity contribution in [3.63, 3.8) is 0 Å². The van der Waals surface area contributed by atoms with Crippen LogP contribution in [0.25, 0.3) is 22.2 Å². The first-order valence-electron chi connectivity index (χ1n) is 9.63. The maximum Gasteiger partial charge on any atom is 0.0929 e. The van der Waals surface area contributed by atoms with E-state index in [9.17, 15) is 0 Å². The van der Waals surface area contributed by atoms with Crippen molar-refractivity contribution in [3.05, 3.63) is 83.2 Å². The molecule has 5 nitrogen and oxygen atoms in total. The third-order valence-corrected chi connectivity index (χ3v) is 5.66. The number of benzene rings is 2. The lowest BCUT2D eigenvalue weighted by molar-refractivity contribution is 0.295. The third kappa shape index (κ3) is 2.99. The van der Waals surface area contributed by atoms with E-state index in [1.165, 1.54) is 27.6 Å². The SMILES string of the molecule is CN1Cc2cc(-c3ccc(CN)nn3)ccc2C(c2ccc3cc[nH]c3c2)C1. The first kappa shape index (κ1) is 17.1. The molecule has 0 aliphatic carbocycles. The van der Waals surface area contributed by atoms with Crippen molar-refractivity contribution in [1.82, 2.24) is 20.1 Å². The highest BCUT2D eigenvalue weighted by Gasteiger charge is 2.25. The van der Waals surface area contributed by atoms with Gasteiger partial charge < -0.3 is 15.6 Å². The molecule has 140 valence electrons. The minimum atomic E-state index is 0.362. The molecular weight excluding hydrogens is 346 g/mol.